The molecule has 94 valence electrons. The number of carbonyl (C=O) groups excluding carboxylic acids is 1. The van der Waals surface area contributed by atoms with Gasteiger partial charge in [-0.2, -0.15) is 0 Å². The molecular weight excluding hydrogens is 214 g/mol. The van der Waals surface area contributed by atoms with Gasteiger partial charge in [-0.05, 0) is 29.9 Å². The lowest BCUT2D eigenvalue weighted by Crippen LogP contribution is -2.30. The molecule has 1 amide bonds. The topological polar surface area (TPSA) is 74.0 Å². The molecule has 4 nitrogen and oxygen atoms in total. The average Bonchev–Trinajstić information content (AvgIpc) is 2.56. The van der Waals surface area contributed by atoms with Crippen molar-refractivity contribution in [1.82, 2.24) is 4.57 Å². The van der Waals surface area contributed by atoms with Crippen molar-refractivity contribution in [3.05, 3.63) is 23.5 Å². The van der Waals surface area contributed by atoms with Gasteiger partial charge < -0.3 is 16.0 Å². The van der Waals surface area contributed by atoms with Gasteiger partial charge in [0.1, 0.15) is 0 Å². The third kappa shape index (κ3) is 2.52. The molecule has 0 radical (unpaired) electrons. The molecule has 0 bridgehead atoms. The highest BCUT2D eigenvalue weighted by molar-refractivity contribution is 5.73. The number of aromatic nitrogens is 1. The first-order chi connectivity index (χ1) is 7.89. The van der Waals surface area contributed by atoms with Crippen LogP contribution >= 0.6 is 0 Å². The molecule has 1 unspecified atom stereocenters. The van der Waals surface area contributed by atoms with E-state index in [1.807, 2.05) is 6.20 Å². The molecule has 1 atom stereocenters. The number of primary amides is 1. The molecule has 17 heavy (non-hydrogen) atoms. The molecule has 4 heteroatoms. The number of nitrogens with zero attached hydrogens (tertiary/aromatic N) is 1. The smallest absolute Gasteiger partial charge is 0.219 e. The van der Waals surface area contributed by atoms with E-state index in [2.05, 4.69) is 24.5 Å². The Morgan fingerprint density at radius 2 is 2.29 bits per heavy atom. The predicted molar refractivity (Wildman–Crippen MR) is 67.3 cm³/mol. The largest absolute Gasteiger partial charge is 0.370 e. The Morgan fingerprint density at radius 3 is 2.94 bits per heavy atom. The first kappa shape index (κ1) is 12.2. The van der Waals surface area contributed by atoms with E-state index in [0.717, 1.165) is 12.8 Å². The second-order valence-electron chi connectivity index (χ2n) is 5.78. The third-order valence-corrected chi connectivity index (χ3v) is 3.53. The van der Waals surface area contributed by atoms with Crippen molar-refractivity contribution in [3.63, 3.8) is 0 Å². The van der Waals surface area contributed by atoms with Crippen molar-refractivity contribution in [1.29, 1.82) is 0 Å². The summed E-state index contributed by atoms with van der Waals surface area (Å²) in [7, 11) is 0. The van der Waals surface area contributed by atoms with Crippen LogP contribution in [0.3, 0.4) is 0 Å². The lowest BCUT2D eigenvalue weighted by Gasteiger charge is -2.34. The Labute approximate surface area is 102 Å². The van der Waals surface area contributed by atoms with Gasteiger partial charge in [0.05, 0.1) is 0 Å². The first-order valence-corrected chi connectivity index (χ1v) is 6.11. The number of hydrogen-bond acceptors (Lipinski definition) is 2. The van der Waals surface area contributed by atoms with E-state index in [9.17, 15) is 4.79 Å². The number of aryl methyl sites for hydroxylation is 1. The van der Waals surface area contributed by atoms with E-state index in [4.69, 9.17) is 11.5 Å². The molecule has 1 heterocycles. The zero-order valence-corrected chi connectivity index (χ0v) is 10.6. The van der Waals surface area contributed by atoms with Crippen molar-refractivity contribution in [2.45, 2.75) is 45.7 Å². The minimum absolute atomic E-state index is 0.114. The fourth-order valence-electron chi connectivity index (χ4n) is 2.73. The molecule has 1 aliphatic rings. The molecule has 2 rings (SSSR count). The van der Waals surface area contributed by atoms with Gasteiger partial charge in [0, 0.05) is 30.9 Å². The van der Waals surface area contributed by atoms with E-state index in [-0.39, 0.29) is 17.4 Å². The van der Waals surface area contributed by atoms with E-state index < -0.39 is 0 Å². The molecule has 0 spiro atoms. The van der Waals surface area contributed by atoms with E-state index >= 15 is 0 Å². The van der Waals surface area contributed by atoms with Crippen molar-refractivity contribution >= 4 is 5.91 Å². The van der Waals surface area contributed by atoms with Gasteiger partial charge in [0.2, 0.25) is 5.91 Å². The number of fused-ring (bicyclic) bond motifs is 1. The van der Waals surface area contributed by atoms with E-state index in [0.29, 0.717) is 13.0 Å². The maximum atomic E-state index is 10.8. The summed E-state index contributed by atoms with van der Waals surface area (Å²) in [5.41, 5.74) is 14.1. The quantitative estimate of drug-likeness (QED) is 0.829. The summed E-state index contributed by atoms with van der Waals surface area (Å²) in [6.45, 7) is 5.13. The number of amides is 1. The fourth-order valence-corrected chi connectivity index (χ4v) is 2.73. The molecule has 0 aromatic carbocycles. The monoisotopic (exact) mass is 235 g/mol. The molecule has 1 aromatic heterocycles. The Balaban J connectivity index is 2.24. The normalized spacial score (nSPS) is 22.2. The lowest BCUT2D eigenvalue weighted by atomic mass is 9.74. The second kappa shape index (κ2) is 4.18. The standard InChI is InChI=1S/C13H21N3O/c1-13(2)7-10(14)9-3-5-16(11(9)8-13)6-4-12(15)17/h3,5,10H,4,6-8,14H2,1-2H3,(H2,15,17). The third-order valence-electron chi connectivity index (χ3n) is 3.53. The summed E-state index contributed by atoms with van der Waals surface area (Å²) >= 11 is 0. The van der Waals surface area contributed by atoms with Gasteiger partial charge in [0.25, 0.3) is 0 Å². The SMILES string of the molecule is CC1(C)Cc2c(ccn2CCC(N)=O)C(N)C1. The fraction of sp³-hybridized carbons (Fsp3) is 0.615. The van der Waals surface area contributed by atoms with Crippen molar-refractivity contribution < 1.29 is 4.79 Å². The minimum atomic E-state index is -0.258. The number of carbonyl (C=O) groups is 1. The van der Waals surface area contributed by atoms with Crippen LogP contribution in [-0.2, 0) is 17.8 Å². The number of hydrogen-bond donors (Lipinski definition) is 2. The molecule has 4 N–H and O–H groups in total. The second-order valence-corrected chi connectivity index (χ2v) is 5.78. The van der Waals surface area contributed by atoms with E-state index in [1.165, 1.54) is 11.3 Å². The van der Waals surface area contributed by atoms with Gasteiger partial charge in [0.15, 0.2) is 0 Å². The van der Waals surface area contributed by atoms with Crippen LogP contribution in [0.1, 0.15) is 44.0 Å². The van der Waals surface area contributed by atoms with Crippen LogP contribution in [0.15, 0.2) is 12.3 Å². The van der Waals surface area contributed by atoms with Crippen LogP contribution in [0, 0.1) is 5.41 Å². The first-order valence-electron chi connectivity index (χ1n) is 6.11. The zero-order valence-electron chi connectivity index (χ0n) is 10.6. The average molecular weight is 235 g/mol. The highest BCUT2D eigenvalue weighted by Crippen LogP contribution is 2.39. The highest BCUT2D eigenvalue weighted by atomic mass is 16.1. The highest BCUT2D eigenvalue weighted by Gasteiger charge is 2.32. The summed E-state index contributed by atoms with van der Waals surface area (Å²) < 4.78 is 2.13. The number of rotatable bonds is 3. The van der Waals surface area contributed by atoms with Crippen molar-refractivity contribution in [3.8, 4) is 0 Å². The summed E-state index contributed by atoms with van der Waals surface area (Å²) in [6.07, 6.45) is 4.44. The Kier molecular flexibility index (Phi) is 3.00. The maximum absolute atomic E-state index is 10.8. The Hall–Kier alpha value is -1.29. The summed E-state index contributed by atoms with van der Waals surface area (Å²) in [5.74, 6) is -0.258. The minimum Gasteiger partial charge on any atom is -0.370 e. The maximum Gasteiger partial charge on any atom is 0.219 e. The Bertz CT molecular complexity index is 434. The van der Waals surface area contributed by atoms with Crippen LogP contribution < -0.4 is 11.5 Å². The zero-order chi connectivity index (χ0) is 12.6. The number of nitrogens with two attached hydrogens (primary N) is 2. The lowest BCUT2D eigenvalue weighted by molar-refractivity contribution is -0.118. The molecule has 0 fully saturated rings. The summed E-state index contributed by atoms with van der Waals surface area (Å²) in [4.78, 5) is 10.8. The van der Waals surface area contributed by atoms with Crippen LogP contribution in [0.25, 0.3) is 0 Å². The van der Waals surface area contributed by atoms with Gasteiger partial charge >= 0.3 is 0 Å². The molecule has 0 saturated heterocycles. The summed E-state index contributed by atoms with van der Waals surface area (Å²) in [5, 5.41) is 0. The molecule has 1 aliphatic carbocycles. The van der Waals surface area contributed by atoms with Crippen LogP contribution in [-0.4, -0.2) is 10.5 Å². The van der Waals surface area contributed by atoms with Crippen molar-refractivity contribution in [2.24, 2.45) is 16.9 Å². The molecule has 0 aliphatic heterocycles. The van der Waals surface area contributed by atoms with Crippen LogP contribution in [0.5, 0.6) is 0 Å². The van der Waals surface area contributed by atoms with Gasteiger partial charge in [-0.1, -0.05) is 13.8 Å². The van der Waals surface area contributed by atoms with Crippen molar-refractivity contribution in [2.75, 3.05) is 0 Å². The summed E-state index contributed by atoms with van der Waals surface area (Å²) in [6, 6.07) is 2.19. The molecule has 1 aromatic rings. The van der Waals surface area contributed by atoms with Crippen LogP contribution in [0.4, 0.5) is 0 Å². The Morgan fingerprint density at radius 1 is 1.59 bits per heavy atom. The predicted octanol–water partition coefficient (Wildman–Crippen LogP) is 1.34. The van der Waals surface area contributed by atoms with Gasteiger partial charge in [-0.3, -0.25) is 4.79 Å². The van der Waals surface area contributed by atoms with Gasteiger partial charge in [-0.25, -0.2) is 0 Å². The molecular formula is C13H21N3O. The van der Waals surface area contributed by atoms with E-state index in [1.54, 1.807) is 0 Å². The van der Waals surface area contributed by atoms with Gasteiger partial charge in [-0.15, -0.1) is 0 Å². The van der Waals surface area contributed by atoms with Crippen LogP contribution in [0.2, 0.25) is 0 Å². The molecule has 0 saturated carbocycles.